The molecule has 4 N–H and O–H groups in total. The molecule has 1 aromatic carbocycles. The van der Waals surface area contributed by atoms with Crippen LogP contribution >= 0.6 is 11.7 Å². The molecule has 0 saturated carbocycles. The summed E-state index contributed by atoms with van der Waals surface area (Å²) in [7, 11) is 2.11. The molecular weight excluding hydrogens is 452 g/mol. The number of quaternary nitrogens is 2. The Morgan fingerprint density at radius 1 is 1.24 bits per heavy atom. The minimum Gasteiger partial charge on any atom is -0.508 e. The lowest BCUT2D eigenvalue weighted by Gasteiger charge is -2.41. The molecule has 1 aliphatic rings. The van der Waals surface area contributed by atoms with Gasteiger partial charge in [0.1, 0.15) is 18.0 Å². The molecule has 186 valence electrons. The van der Waals surface area contributed by atoms with E-state index in [0.29, 0.717) is 29.9 Å². The van der Waals surface area contributed by atoms with Gasteiger partial charge in [0, 0.05) is 25.3 Å². The number of esters is 1. The van der Waals surface area contributed by atoms with Gasteiger partial charge in [0.25, 0.3) is 5.88 Å². The molecule has 3 atom stereocenters. The van der Waals surface area contributed by atoms with Crippen molar-refractivity contribution in [2.24, 2.45) is 0 Å². The summed E-state index contributed by atoms with van der Waals surface area (Å²) < 4.78 is 21.3. The average Bonchev–Trinajstić information content (AvgIpc) is 3.29. The second-order valence-corrected chi connectivity index (χ2v) is 9.84. The number of nitrogens with zero attached hydrogens (tertiary/aromatic N) is 3. The highest BCUT2D eigenvalue weighted by atomic mass is 32.1. The van der Waals surface area contributed by atoms with Gasteiger partial charge in [-0.15, -0.1) is 4.37 Å². The Morgan fingerprint density at radius 3 is 2.74 bits per heavy atom. The van der Waals surface area contributed by atoms with Crippen LogP contribution in [0.15, 0.2) is 30.3 Å². The maximum atomic E-state index is 12.8. The van der Waals surface area contributed by atoms with Crippen molar-refractivity contribution in [2.75, 3.05) is 26.7 Å². The van der Waals surface area contributed by atoms with E-state index in [4.69, 9.17) is 9.47 Å². The summed E-state index contributed by atoms with van der Waals surface area (Å²) in [6, 6.07) is 6.30. The first-order valence-corrected chi connectivity index (χ1v) is 12.9. The molecule has 2 heterocycles. The van der Waals surface area contributed by atoms with Crippen LogP contribution in [0.1, 0.15) is 57.2 Å². The third-order valence-corrected chi connectivity index (χ3v) is 6.99. The van der Waals surface area contributed by atoms with Gasteiger partial charge in [0.15, 0.2) is 6.04 Å². The number of phenols is 1. The van der Waals surface area contributed by atoms with E-state index >= 15 is 0 Å². The summed E-state index contributed by atoms with van der Waals surface area (Å²) in [6.45, 7) is 6.34. The van der Waals surface area contributed by atoms with Crippen LogP contribution in [0.2, 0.25) is 0 Å². The van der Waals surface area contributed by atoms with Gasteiger partial charge in [0.2, 0.25) is 6.23 Å². The summed E-state index contributed by atoms with van der Waals surface area (Å²) >= 11 is 1.17. The summed E-state index contributed by atoms with van der Waals surface area (Å²) in [5.41, 5.74) is 6.83. The van der Waals surface area contributed by atoms with E-state index in [1.165, 1.54) is 24.6 Å². The van der Waals surface area contributed by atoms with Gasteiger partial charge in [-0.1, -0.05) is 44.4 Å². The van der Waals surface area contributed by atoms with E-state index in [2.05, 4.69) is 34.5 Å². The molecule has 2 aromatic rings. The predicted molar refractivity (Wildman–Crippen MR) is 132 cm³/mol. The number of carbonyl (C=O) groups excluding carboxylic acids is 1. The SMILES string of the molecule is CCCCCCOc1nsnc1C1=CCC[N+](C)([C@@H](C)OC(=O)[C@@H]([NH3+])Cc2ccc(O)cc2)C1. The molecule has 0 saturated heterocycles. The Hall–Kier alpha value is -2.49. The maximum Gasteiger partial charge on any atom is 0.369 e. The standard InChI is InChI=1S/C25H36N4O4S/c1-4-5-6-7-15-32-24-23(27-34-28-24)20-9-8-14-29(3,17-20)18(2)33-25(31)22(26)16-19-10-12-21(30)13-11-19/h9-13,18,22H,4-8,14-17,26H2,1-3H3/p+2/t18-,22+,29?/m1/s1. The van der Waals surface area contributed by atoms with Crippen molar-refractivity contribution in [2.45, 2.75) is 64.6 Å². The van der Waals surface area contributed by atoms with E-state index < -0.39 is 6.04 Å². The summed E-state index contributed by atoms with van der Waals surface area (Å²) in [5, 5.41) is 9.44. The van der Waals surface area contributed by atoms with Crippen LogP contribution in [-0.2, 0) is 16.0 Å². The van der Waals surface area contributed by atoms with Crippen molar-refractivity contribution < 1.29 is 29.6 Å². The zero-order valence-corrected chi connectivity index (χ0v) is 21.4. The molecule has 0 radical (unpaired) electrons. The van der Waals surface area contributed by atoms with Crippen molar-refractivity contribution in [3.8, 4) is 11.6 Å². The van der Waals surface area contributed by atoms with Crippen molar-refractivity contribution >= 4 is 23.3 Å². The van der Waals surface area contributed by atoms with Gasteiger partial charge in [-0.25, -0.2) is 4.79 Å². The van der Waals surface area contributed by atoms with E-state index in [-0.39, 0.29) is 17.9 Å². The molecule has 1 unspecified atom stereocenters. The third kappa shape index (κ3) is 7.01. The summed E-state index contributed by atoms with van der Waals surface area (Å²) in [4.78, 5) is 12.8. The fourth-order valence-electron chi connectivity index (χ4n) is 4.11. The lowest BCUT2D eigenvalue weighted by molar-refractivity contribution is -0.944. The van der Waals surface area contributed by atoms with Crippen LogP contribution in [0.5, 0.6) is 11.6 Å². The molecule has 0 amide bonds. The molecule has 0 bridgehead atoms. The van der Waals surface area contributed by atoms with Crippen LogP contribution in [0.3, 0.4) is 0 Å². The normalized spacial score (nSPS) is 19.8. The Morgan fingerprint density at radius 2 is 2.00 bits per heavy atom. The zero-order chi connectivity index (χ0) is 24.6. The molecular formula is C25H38N4O4S+2. The first-order chi connectivity index (χ1) is 16.3. The number of rotatable bonds is 12. The number of hydrogen-bond acceptors (Lipinski definition) is 7. The minimum atomic E-state index is -0.520. The van der Waals surface area contributed by atoms with Crippen LogP contribution < -0.4 is 10.5 Å². The Bertz CT molecular complexity index is 962. The molecule has 0 fully saturated rings. The number of carbonyl (C=O) groups is 1. The third-order valence-electron chi connectivity index (χ3n) is 6.48. The maximum absolute atomic E-state index is 12.8. The fourth-order valence-corrected chi connectivity index (χ4v) is 4.64. The van der Waals surface area contributed by atoms with Gasteiger partial charge in [-0.2, -0.15) is 4.37 Å². The van der Waals surface area contributed by atoms with E-state index in [9.17, 15) is 9.90 Å². The molecule has 0 aliphatic carbocycles. The van der Waals surface area contributed by atoms with Crippen molar-refractivity contribution in [1.82, 2.24) is 8.75 Å². The average molecular weight is 491 g/mol. The van der Waals surface area contributed by atoms with Crippen molar-refractivity contribution in [3.63, 3.8) is 0 Å². The minimum absolute atomic E-state index is 0.201. The van der Waals surface area contributed by atoms with E-state index in [1.807, 2.05) is 6.92 Å². The van der Waals surface area contributed by atoms with Crippen LogP contribution in [0.25, 0.3) is 5.57 Å². The molecule has 1 aromatic heterocycles. The fraction of sp³-hybridized carbons (Fsp3) is 0.560. The highest BCUT2D eigenvalue weighted by Crippen LogP contribution is 2.31. The topological polar surface area (TPSA) is 109 Å². The molecule has 9 heteroatoms. The Labute approximate surface area is 206 Å². The quantitative estimate of drug-likeness (QED) is 0.269. The number of ether oxygens (including phenoxy) is 2. The molecule has 3 rings (SSSR count). The van der Waals surface area contributed by atoms with Gasteiger partial charge < -0.3 is 20.3 Å². The number of hydrogen-bond donors (Lipinski definition) is 2. The van der Waals surface area contributed by atoms with Gasteiger partial charge >= 0.3 is 5.97 Å². The van der Waals surface area contributed by atoms with Gasteiger partial charge in [0.05, 0.1) is 31.9 Å². The smallest absolute Gasteiger partial charge is 0.369 e. The number of aromatic hydroxyl groups is 1. The molecule has 8 nitrogen and oxygen atoms in total. The van der Waals surface area contributed by atoms with E-state index in [1.54, 1.807) is 24.3 Å². The first kappa shape index (κ1) is 26.1. The van der Waals surface area contributed by atoms with Crippen LogP contribution in [0.4, 0.5) is 0 Å². The second kappa shape index (κ2) is 12.3. The summed E-state index contributed by atoms with van der Waals surface area (Å²) in [6.07, 6.45) is 7.78. The number of unbranched alkanes of at least 4 members (excludes halogenated alkanes) is 3. The molecule has 0 spiro atoms. The van der Waals surface area contributed by atoms with Gasteiger partial charge in [-0.05, 0) is 24.1 Å². The number of aromatic nitrogens is 2. The van der Waals surface area contributed by atoms with E-state index in [0.717, 1.165) is 42.6 Å². The number of benzene rings is 1. The first-order valence-electron chi connectivity index (χ1n) is 12.1. The van der Waals surface area contributed by atoms with Crippen molar-refractivity contribution in [1.29, 1.82) is 0 Å². The molecule has 1 aliphatic heterocycles. The van der Waals surface area contributed by atoms with Crippen LogP contribution in [0, 0.1) is 0 Å². The highest BCUT2D eigenvalue weighted by Gasteiger charge is 2.38. The lowest BCUT2D eigenvalue weighted by Crippen LogP contribution is -2.67. The van der Waals surface area contributed by atoms with Crippen molar-refractivity contribution in [3.05, 3.63) is 41.6 Å². The predicted octanol–water partition coefficient (Wildman–Crippen LogP) is 3.18. The Kier molecular flexibility index (Phi) is 9.44. The highest BCUT2D eigenvalue weighted by molar-refractivity contribution is 6.99. The molecule has 34 heavy (non-hydrogen) atoms. The number of likely N-dealkylation sites (N-methyl/N-ethyl adjacent to an activating group) is 1. The largest absolute Gasteiger partial charge is 0.508 e. The zero-order valence-electron chi connectivity index (χ0n) is 20.5. The summed E-state index contributed by atoms with van der Waals surface area (Å²) in [5.74, 6) is 0.493. The van der Waals surface area contributed by atoms with Crippen LogP contribution in [-0.4, -0.2) is 63.3 Å². The lowest BCUT2D eigenvalue weighted by atomic mass is 10.0. The number of phenolic OH excluding ortho intramolecular Hbond substituents is 1. The second-order valence-electron chi connectivity index (χ2n) is 9.31. The monoisotopic (exact) mass is 490 g/mol. The Balaban J connectivity index is 1.57. The van der Waals surface area contributed by atoms with Gasteiger partial charge in [-0.3, -0.25) is 4.48 Å².